The van der Waals surface area contributed by atoms with Crippen molar-refractivity contribution in [2.45, 2.75) is 0 Å². The van der Waals surface area contributed by atoms with Crippen molar-refractivity contribution in [3.8, 4) is 11.5 Å². The highest BCUT2D eigenvalue weighted by molar-refractivity contribution is 9.10. The summed E-state index contributed by atoms with van der Waals surface area (Å²) >= 11 is 5.01. The molecule has 0 fully saturated rings. The second kappa shape index (κ2) is 6.82. The third-order valence-electron chi connectivity index (χ3n) is 3.73. The Kier molecular flexibility index (Phi) is 4.38. The average Bonchev–Trinajstić information content (AvgIpc) is 3.23. The summed E-state index contributed by atoms with van der Waals surface area (Å²) in [5.41, 5.74) is 2.75. The van der Waals surface area contributed by atoms with Crippen molar-refractivity contribution in [3.05, 3.63) is 74.8 Å². The van der Waals surface area contributed by atoms with Gasteiger partial charge < -0.3 is 4.42 Å². The molecule has 2 aromatic carbocycles. The molecule has 0 aliphatic rings. The molecule has 4 nitrogen and oxygen atoms in total. The molecular weight excluding hydrogens is 398 g/mol. The molecule has 124 valence electrons. The van der Waals surface area contributed by atoms with Gasteiger partial charge >= 0.3 is 0 Å². The van der Waals surface area contributed by atoms with E-state index in [1.807, 2.05) is 70.9 Å². The zero-order chi connectivity index (χ0) is 17.2. The lowest BCUT2D eigenvalue weighted by Gasteiger charge is -2.00. The van der Waals surface area contributed by atoms with Gasteiger partial charge in [0, 0.05) is 22.3 Å². The molecule has 0 saturated carbocycles. The molecule has 0 spiro atoms. The molecule has 0 radical (unpaired) electrons. The fourth-order valence-electron chi connectivity index (χ4n) is 2.55. The number of nitrogens with zero attached hydrogens (tertiary/aromatic N) is 3. The average molecular weight is 412 g/mol. The van der Waals surface area contributed by atoms with E-state index in [2.05, 4.69) is 26.0 Å². The Morgan fingerprint density at radius 2 is 2.00 bits per heavy atom. The van der Waals surface area contributed by atoms with Gasteiger partial charge in [-0.15, -0.1) is 11.3 Å². The molecule has 0 bridgehead atoms. The molecule has 0 amide bonds. The maximum absolute atomic E-state index is 5.99. The van der Waals surface area contributed by atoms with Crippen LogP contribution >= 0.6 is 27.3 Å². The van der Waals surface area contributed by atoms with Crippen LogP contribution in [0, 0.1) is 0 Å². The third-order valence-corrected chi connectivity index (χ3v) is 5.13. The zero-order valence-corrected chi connectivity index (χ0v) is 15.8. The quantitative estimate of drug-likeness (QED) is 0.430. The maximum Gasteiger partial charge on any atom is 0.206 e. The van der Waals surface area contributed by atoms with Gasteiger partial charge in [-0.3, -0.25) is 4.99 Å². The van der Waals surface area contributed by atoms with Gasteiger partial charge in [-0.25, -0.2) is 4.68 Å². The van der Waals surface area contributed by atoms with E-state index in [4.69, 9.17) is 4.42 Å². The number of para-hydroxylation sites is 1. The molecule has 4 rings (SSSR count). The lowest BCUT2D eigenvalue weighted by atomic mass is 10.2. The van der Waals surface area contributed by atoms with Crippen molar-refractivity contribution in [1.29, 1.82) is 0 Å². The number of hydrogen-bond acceptors (Lipinski definition) is 4. The summed E-state index contributed by atoms with van der Waals surface area (Å²) in [6.07, 6.45) is 1.82. The van der Waals surface area contributed by atoms with E-state index in [1.165, 1.54) is 11.3 Å². The topological polar surface area (TPSA) is 42.8 Å². The molecule has 2 aromatic heterocycles. The number of aromatic nitrogens is 1. The van der Waals surface area contributed by atoms with Crippen molar-refractivity contribution in [1.82, 2.24) is 4.68 Å². The van der Waals surface area contributed by atoms with E-state index in [9.17, 15) is 0 Å². The van der Waals surface area contributed by atoms with Gasteiger partial charge in [-0.1, -0.05) is 46.3 Å². The van der Waals surface area contributed by atoms with Gasteiger partial charge in [0.15, 0.2) is 5.76 Å². The number of fused-ring (bicyclic) bond motifs is 1. The van der Waals surface area contributed by atoms with Gasteiger partial charge in [0.25, 0.3) is 0 Å². The van der Waals surface area contributed by atoms with Gasteiger partial charge in [0.1, 0.15) is 11.3 Å². The van der Waals surface area contributed by atoms with E-state index in [0.717, 1.165) is 37.3 Å². The predicted molar refractivity (Wildman–Crippen MR) is 106 cm³/mol. The Labute approximate surface area is 156 Å². The Balaban J connectivity index is 1.81. The summed E-state index contributed by atoms with van der Waals surface area (Å²) in [6, 6.07) is 18.0. The van der Waals surface area contributed by atoms with E-state index >= 15 is 0 Å². The normalized spacial score (nSPS) is 12.5. The van der Waals surface area contributed by atoms with Crippen molar-refractivity contribution in [2.24, 2.45) is 10.1 Å². The molecule has 2 heterocycles. The smallest absolute Gasteiger partial charge is 0.206 e. The summed E-state index contributed by atoms with van der Waals surface area (Å²) in [5.74, 6) is 0.777. The molecule has 4 aromatic rings. The Hall–Kier alpha value is -2.44. The first-order chi connectivity index (χ1) is 12.2. The summed E-state index contributed by atoms with van der Waals surface area (Å²) in [5, 5.41) is 7.71. The number of thiazole rings is 1. The van der Waals surface area contributed by atoms with Crippen LogP contribution in [0.25, 0.3) is 22.4 Å². The monoisotopic (exact) mass is 411 g/mol. The number of halogens is 1. The standard InChI is InChI=1S/C19H14BrN3OS/c1-21-19-23(22-11-13-5-4-7-15(20)9-13)16(12-25-19)18-10-14-6-2-3-8-17(14)24-18/h2-12H,1H3. The SMILES string of the molecule is CN=c1scc(-c2cc3ccccc3o2)n1N=Cc1cccc(Br)c1. The van der Waals surface area contributed by atoms with Gasteiger partial charge in [0.05, 0.1) is 6.21 Å². The summed E-state index contributed by atoms with van der Waals surface area (Å²) in [7, 11) is 1.76. The van der Waals surface area contributed by atoms with Crippen LogP contribution in [-0.4, -0.2) is 17.9 Å². The molecule has 6 heteroatoms. The van der Waals surface area contributed by atoms with Crippen LogP contribution < -0.4 is 4.80 Å². The lowest BCUT2D eigenvalue weighted by molar-refractivity contribution is 0.622. The fraction of sp³-hybridized carbons (Fsp3) is 0.0526. The van der Waals surface area contributed by atoms with Crippen LogP contribution in [0.5, 0.6) is 0 Å². The maximum atomic E-state index is 5.99. The van der Waals surface area contributed by atoms with E-state index in [0.29, 0.717) is 0 Å². The molecular formula is C19H14BrN3OS. The summed E-state index contributed by atoms with van der Waals surface area (Å²) < 4.78 is 8.81. The van der Waals surface area contributed by atoms with Gasteiger partial charge in [0.2, 0.25) is 4.80 Å². The van der Waals surface area contributed by atoms with Crippen LogP contribution in [0.1, 0.15) is 5.56 Å². The third kappa shape index (κ3) is 3.23. The van der Waals surface area contributed by atoms with Crippen LogP contribution in [0.3, 0.4) is 0 Å². The van der Waals surface area contributed by atoms with Crippen LogP contribution in [-0.2, 0) is 0 Å². The van der Waals surface area contributed by atoms with Gasteiger partial charge in [-0.05, 0) is 29.8 Å². The summed E-state index contributed by atoms with van der Waals surface area (Å²) in [6.45, 7) is 0. The minimum atomic E-state index is 0.777. The Bertz CT molecular complexity index is 1100. The first-order valence-electron chi connectivity index (χ1n) is 7.67. The van der Waals surface area contributed by atoms with Crippen LogP contribution in [0.4, 0.5) is 0 Å². The van der Waals surface area contributed by atoms with Crippen molar-refractivity contribution in [3.63, 3.8) is 0 Å². The number of rotatable bonds is 3. The van der Waals surface area contributed by atoms with Crippen molar-refractivity contribution < 1.29 is 4.42 Å². The van der Waals surface area contributed by atoms with Crippen molar-refractivity contribution >= 4 is 44.5 Å². The largest absolute Gasteiger partial charge is 0.454 e. The van der Waals surface area contributed by atoms with Crippen LogP contribution in [0.15, 0.2) is 79.0 Å². The highest BCUT2D eigenvalue weighted by Gasteiger charge is 2.12. The second-order valence-electron chi connectivity index (χ2n) is 5.39. The van der Waals surface area contributed by atoms with E-state index in [-0.39, 0.29) is 0 Å². The molecule has 0 atom stereocenters. The molecule has 0 N–H and O–H groups in total. The number of hydrogen-bond donors (Lipinski definition) is 0. The lowest BCUT2D eigenvalue weighted by Crippen LogP contribution is -2.11. The van der Waals surface area contributed by atoms with E-state index in [1.54, 1.807) is 7.05 Å². The molecule has 0 saturated heterocycles. The van der Waals surface area contributed by atoms with Gasteiger partial charge in [-0.2, -0.15) is 5.10 Å². The Morgan fingerprint density at radius 1 is 1.12 bits per heavy atom. The van der Waals surface area contributed by atoms with E-state index < -0.39 is 0 Å². The number of benzene rings is 2. The highest BCUT2D eigenvalue weighted by Crippen LogP contribution is 2.28. The zero-order valence-electron chi connectivity index (χ0n) is 13.4. The first-order valence-corrected chi connectivity index (χ1v) is 9.34. The molecule has 25 heavy (non-hydrogen) atoms. The highest BCUT2D eigenvalue weighted by atomic mass is 79.9. The number of furan rings is 1. The molecule has 0 unspecified atom stereocenters. The minimum absolute atomic E-state index is 0.777. The predicted octanol–water partition coefficient (Wildman–Crippen LogP) is 5.14. The Morgan fingerprint density at radius 3 is 2.80 bits per heavy atom. The first kappa shape index (κ1) is 16.1. The molecule has 0 aliphatic carbocycles. The minimum Gasteiger partial charge on any atom is -0.454 e. The van der Waals surface area contributed by atoms with Crippen LogP contribution in [0.2, 0.25) is 0 Å². The van der Waals surface area contributed by atoms with Crippen molar-refractivity contribution in [2.75, 3.05) is 7.05 Å². The summed E-state index contributed by atoms with van der Waals surface area (Å²) in [4.78, 5) is 5.12. The second-order valence-corrected chi connectivity index (χ2v) is 7.14. The fourth-order valence-corrected chi connectivity index (χ4v) is 3.75. The molecule has 0 aliphatic heterocycles.